The maximum atomic E-state index is 10.4. The van der Waals surface area contributed by atoms with Gasteiger partial charge in [-0.1, -0.05) is 0 Å². The molecule has 0 aliphatic rings. The fourth-order valence-corrected chi connectivity index (χ4v) is 0.408. The van der Waals surface area contributed by atoms with E-state index in [1.54, 1.807) is 0 Å². The fourth-order valence-electron chi connectivity index (χ4n) is 0.408. The molecular weight excluding hydrogens is 143 g/mol. The summed E-state index contributed by atoms with van der Waals surface area (Å²) in [6.45, 7) is 0. The maximum Gasteiger partial charge on any atom is 0.306 e. The molecule has 0 amide bonds. The van der Waals surface area contributed by atoms with Gasteiger partial charge in [-0.2, -0.15) is 0 Å². The third kappa shape index (κ3) is 7.43. The van der Waals surface area contributed by atoms with Gasteiger partial charge in [-0.15, -0.1) is 0 Å². The summed E-state index contributed by atoms with van der Waals surface area (Å²) < 4.78 is 8.60. The van der Waals surface area contributed by atoms with Gasteiger partial charge >= 0.3 is 11.9 Å². The number of methoxy groups -OCH3 is 2. The molecule has 59 valence electrons. The molecule has 0 saturated carbocycles. The molecule has 0 fully saturated rings. The zero-order valence-corrected chi connectivity index (χ0v) is 7.05. The van der Waals surface area contributed by atoms with E-state index in [1.807, 2.05) is 0 Å². The van der Waals surface area contributed by atoms with Gasteiger partial charge < -0.3 is 9.47 Å². The number of carbonyl (C=O) groups excluding carboxylic acids is 2. The van der Waals surface area contributed by atoms with Crippen molar-refractivity contribution in [3.05, 3.63) is 0 Å². The largest absolute Gasteiger partial charge is 0.469 e. The number of carbonyl (C=O) groups is 2. The molecule has 0 heterocycles. The number of rotatable bonds is 3. The van der Waals surface area contributed by atoms with Gasteiger partial charge in [0.05, 0.1) is 27.1 Å². The van der Waals surface area contributed by atoms with Gasteiger partial charge in [-0.25, -0.2) is 0 Å². The first-order valence-corrected chi connectivity index (χ1v) is 2.84. The molecule has 0 aliphatic carbocycles. The van der Waals surface area contributed by atoms with Gasteiger partial charge in [-0.3, -0.25) is 9.59 Å². The van der Waals surface area contributed by atoms with Crippen LogP contribution in [0.15, 0.2) is 0 Å². The Hall–Kier alpha value is -0.463. The van der Waals surface area contributed by atoms with Crippen molar-refractivity contribution in [3.8, 4) is 0 Å². The number of hydrogen-bond acceptors (Lipinski definition) is 4. The van der Waals surface area contributed by atoms with E-state index in [-0.39, 0.29) is 31.7 Å². The minimum Gasteiger partial charge on any atom is -0.469 e. The molecule has 0 unspecified atom stereocenters. The standard InChI is InChI=1S/C6H10O4.Li/c1-9-5(7)3-4-6(8)10-2;/h3-4H2,1-2H3;. The summed E-state index contributed by atoms with van der Waals surface area (Å²) in [5.41, 5.74) is 0. The predicted octanol–water partition coefficient (Wildman–Crippen LogP) is -0.268. The van der Waals surface area contributed by atoms with Crippen LogP contribution in [0.25, 0.3) is 0 Å². The molecule has 0 aromatic rings. The predicted molar refractivity (Wildman–Crippen MR) is 39.0 cm³/mol. The number of esters is 2. The first-order valence-electron chi connectivity index (χ1n) is 2.84. The van der Waals surface area contributed by atoms with Gasteiger partial charge in [0.1, 0.15) is 0 Å². The number of ether oxygens (including phenoxy) is 2. The Bertz CT molecular complexity index is 119. The van der Waals surface area contributed by atoms with E-state index in [0.717, 1.165) is 0 Å². The Labute approximate surface area is 77.4 Å². The third-order valence-corrected chi connectivity index (χ3v) is 0.989. The second kappa shape index (κ2) is 7.64. The van der Waals surface area contributed by atoms with Gasteiger partial charge in [0.15, 0.2) is 0 Å². The zero-order valence-electron chi connectivity index (χ0n) is 7.05. The molecular formula is C6H10LiO4. The smallest absolute Gasteiger partial charge is 0.306 e. The minimum atomic E-state index is -0.398. The van der Waals surface area contributed by atoms with Crippen molar-refractivity contribution in [1.82, 2.24) is 0 Å². The van der Waals surface area contributed by atoms with Gasteiger partial charge in [0.25, 0.3) is 0 Å². The molecule has 11 heavy (non-hydrogen) atoms. The molecule has 0 saturated heterocycles. The Morgan fingerprint density at radius 1 is 1.00 bits per heavy atom. The molecule has 0 spiro atoms. The Balaban J connectivity index is 0. The summed E-state index contributed by atoms with van der Waals surface area (Å²) in [5.74, 6) is -0.796. The summed E-state index contributed by atoms with van der Waals surface area (Å²) in [6.07, 6.45) is 0.173. The molecule has 0 aliphatic heterocycles. The summed E-state index contributed by atoms with van der Waals surface area (Å²) in [5, 5.41) is 0. The molecule has 0 N–H and O–H groups in total. The Kier molecular flexibility index (Phi) is 9.14. The van der Waals surface area contributed by atoms with Gasteiger partial charge in [0, 0.05) is 18.9 Å². The van der Waals surface area contributed by atoms with E-state index >= 15 is 0 Å². The van der Waals surface area contributed by atoms with Crippen LogP contribution >= 0.6 is 0 Å². The van der Waals surface area contributed by atoms with Crippen LogP contribution in [-0.4, -0.2) is 45.0 Å². The molecule has 0 aromatic heterocycles. The van der Waals surface area contributed by atoms with E-state index in [2.05, 4.69) is 9.47 Å². The van der Waals surface area contributed by atoms with Crippen LogP contribution in [0.4, 0.5) is 0 Å². The van der Waals surface area contributed by atoms with E-state index < -0.39 is 11.9 Å². The molecule has 0 bridgehead atoms. The van der Waals surface area contributed by atoms with Crippen LogP contribution in [0.5, 0.6) is 0 Å². The van der Waals surface area contributed by atoms with E-state index in [1.165, 1.54) is 14.2 Å². The van der Waals surface area contributed by atoms with Crippen LogP contribution < -0.4 is 0 Å². The van der Waals surface area contributed by atoms with Crippen LogP contribution in [0, 0.1) is 0 Å². The maximum absolute atomic E-state index is 10.4. The van der Waals surface area contributed by atoms with Crippen LogP contribution in [0.1, 0.15) is 12.8 Å². The normalized spacial score (nSPS) is 7.82. The van der Waals surface area contributed by atoms with Crippen LogP contribution in [0.2, 0.25) is 0 Å². The molecule has 4 nitrogen and oxygen atoms in total. The Morgan fingerprint density at radius 3 is 1.45 bits per heavy atom. The first-order chi connectivity index (χ1) is 4.70. The van der Waals surface area contributed by atoms with E-state index in [0.29, 0.717) is 0 Å². The average Bonchev–Trinajstić information content (AvgIpc) is 1.99. The molecule has 1 radical (unpaired) electrons. The summed E-state index contributed by atoms with van der Waals surface area (Å²) >= 11 is 0. The van der Waals surface area contributed by atoms with Crippen molar-refractivity contribution in [3.63, 3.8) is 0 Å². The zero-order chi connectivity index (χ0) is 7.98. The quantitative estimate of drug-likeness (QED) is 0.413. The SMILES string of the molecule is COC(=O)CCC(=O)OC.[Li]. The monoisotopic (exact) mass is 153 g/mol. The summed E-state index contributed by atoms with van der Waals surface area (Å²) in [4.78, 5) is 20.8. The molecule has 5 heteroatoms. The number of hydrogen-bond donors (Lipinski definition) is 0. The van der Waals surface area contributed by atoms with E-state index in [4.69, 9.17) is 0 Å². The van der Waals surface area contributed by atoms with Crippen molar-refractivity contribution in [1.29, 1.82) is 0 Å². The van der Waals surface area contributed by atoms with Crippen molar-refractivity contribution in [2.24, 2.45) is 0 Å². The van der Waals surface area contributed by atoms with Gasteiger partial charge in [-0.05, 0) is 0 Å². The van der Waals surface area contributed by atoms with Crippen molar-refractivity contribution in [2.45, 2.75) is 12.8 Å². The molecule has 0 aromatic carbocycles. The fraction of sp³-hybridized carbons (Fsp3) is 0.667. The van der Waals surface area contributed by atoms with Crippen molar-refractivity contribution in [2.75, 3.05) is 14.2 Å². The second-order valence-electron chi connectivity index (χ2n) is 1.65. The van der Waals surface area contributed by atoms with Crippen LogP contribution in [-0.2, 0) is 19.1 Å². The summed E-state index contributed by atoms with van der Waals surface area (Å²) in [7, 11) is 2.55. The molecule has 0 atom stereocenters. The molecule has 0 rings (SSSR count). The topological polar surface area (TPSA) is 52.6 Å². The Morgan fingerprint density at radius 2 is 1.27 bits per heavy atom. The van der Waals surface area contributed by atoms with Crippen molar-refractivity contribution < 1.29 is 19.1 Å². The second-order valence-corrected chi connectivity index (χ2v) is 1.65. The minimum absolute atomic E-state index is 0. The summed E-state index contributed by atoms with van der Waals surface area (Å²) in [6, 6.07) is 0. The third-order valence-electron chi connectivity index (χ3n) is 0.989. The van der Waals surface area contributed by atoms with E-state index in [9.17, 15) is 9.59 Å². The van der Waals surface area contributed by atoms with Crippen molar-refractivity contribution >= 4 is 30.8 Å². The van der Waals surface area contributed by atoms with Crippen LogP contribution in [0.3, 0.4) is 0 Å². The average molecular weight is 153 g/mol. The van der Waals surface area contributed by atoms with Gasteiger partial charge in [0.2, 0.25) is 0 Å². The first kappa shape index (κ1) is 13.2.